The van der Waals surface area contributed by atoms with Crippen LogP contribution in [-0.4, -0.2) is 41.8 Å². The standard InChI is InChI=1S/C26H38N2O4/c1-13(2)18-12-26(18)16-8-9-17(26)22-21(16)23(30)15(24(22)31)11-20(29)25(32)19(28-14(3)4)7-5-6-10-27/h8-9,13-19,21-22,28H,5-7,10-12,27H2,1-4H3/t15?,16?,17?,18?,19-,21?,22?,26?/m0/s1. The van der Waals surface area contributed by atoms with E-state index in [4.69, 9.17) is 5.73 Å². The second-order valence-corrected chi connectivity index (χ2v) is 11.2. The first-order valence-corrected chi connectivity index (χ1v) is 12.4. The molecular formula is C26H38N2O4. The molecule has 176 valence electrons. The lowest BCUT2D eigenvalue weighted by atomic mass is 9.80. The summed E-state index contributed by atoms with van der Waals surface area (Å²) in [5.74, 6) is -1.44. The average Bonchev–Trinajstić information content (AvgIpc) is 3.25. The summed E-state index contributed by atoms with van der Waals surface area (Å²) in [4.78, 5) is 52.5. The highest BCUT2D eigenvalue weighted by atomic mass is 16.2. The zero-order valence-electron chi connectivity index (χ0n) is 19.8. The molecular weight excluding hydrogens is 404 g/mol. The molecule has 32 heavy (non-hydrogen) atoms. The molecule has 0 radical (unpaired) electrons. The summed E-state index contributed by atoms with van der Waals surface area (Å²) in [6.45, 7) is 8.84. The summed E-state index contributed by atoms with van der Waals surface area (Å²) < 4.78 is 0. The van der Waals surface area contributed by atoms with Crippen LogP contribution in [0.15, 0.2) is 12.2 Å². The highest BCUT2D eigenvalue weighted by Crippen LogP contribution is 2.78. The van der Waals surface area contributed by atoms with Gasteiger partial charge < -0.3 is 11.1 Å². The Morgan fingerprint density at radius 1 is 1.06 bits per heavy atom. The van der Waals surface area contributed by atoms with Crippen LogP contribution in [0.5, 0.6) is 0 Å². The molecule has 0 heterocycles. The molecule has 3 fully saturated rings. The molecule has 4 aliphatic carbocycles. The second kappa shape index (κ2) is 8.60. The van der Waals surface area contributed by atoms with Crippen molar-refractivity contribution < 1.29 is 19.2 Å². The second-order valence-electron chi connectivity index (χ2n) is 11.2. The van der Waals surface area contributed by atoms with E-state index in [2.05, 4.69) is 31.3 Å². The first-order valence-electron chi connectivity index (χ1n) is 12.4. The maximum Gasteiger partial charge on any atom is 0.215 e. The summed E-state index contributed by atoms with van der Waals surface area (Å²) in [5.41, 5.74) is 5.65. The minimum Gasteiger partial charge on any atom is -0.330 e. The first-order chi connectivity index (χ1) is 15.1. The number of hydrogen-bond acceptors (Lipinski definition) is 6. The zero-order chi connectivity index (χ0) is 23.4. The third-order valence-electron chi connectivity index (χ3n) is 8.64. The van der Waals surface area contributed by atoms with Gasteiger partial charge in [0.25, 0.3) is 0 Å². The van der Waals surface area contributed by atoms with E-state index in [1.165, 1.54) is 0 Å². The van der Waals surface area contributed by atoms with E-state index in [0.717, 1.165) is 19.3 Å². The molecule has 0 aromatic heterocycles. The SMILES string of the molecule is CC(C)N[C@@H](CCCCN)C(=O)C(=O)CC1C(=O)C2C(C1=O)C1C=CC2C12CC2C(C)C. The predicted octanol–water partition coefficient (Wildman–Crippen LogP) is 2.49. The lowest BCUT2D eigenvalue weighted by Crippen LogP contribution is -2.44. The molecule has 2 bridgehead atoms. The molecule has 3 N–H and O–H groups in total. The number of allylic oxidation sites excluding steroid dienone is 2. The maximum absolute atomic E-state index is 13.3. The average molecular weight is 443 g/mol. The Morgan fingerprint density at radius 3 is 2.12 bits per heavy atom. The predicted molar refractivity (Wildman–Crippen MR) is 122 cm³/mol. The number of hydrogen-bond donors (Lipinski definition) is 2. The molecule has 6 heteroatoms. The Labute approximate surface area is 191 Å². The Hall–Kier alpha value is -1.66. The number of carbonyl (C=O) groups excluding carboxylic acids is 4. The van der Waals surface area contributed by atoms with Crippen LogP contribution in [0.1, 0.15) is 59.8 Å². The number of carbonyl (C=O) groups is 4. The molecule has 0 aromatic rings. The Balaban J connectivity index is 1.44. The zero-order valence-corrected chi connectivity index (χ0v) is 19.8. The van der Waals surface area contributed by atoms with Crippen LogP contribution in [0.3, 0.4) is 0 Å². The third-order valence-corrected chi connectivity index (χ3v) is 8.64. The lowest BCUT2D eigenvalue weighted by molar-refractivity contribution is -0.141. The van der Waals surface area contributed by atoms with E-state index in [0.29, 0.717) is 24.8 Å². The minimum absolute atomic E-state index is 0.0501. The number of fused-ring (bicyclic) bond motifs is 3. The van der Waals surface area contributed by atoms with Crippen molar-refractivity contribution >= 4 is 23.1 Å². The molecule has 6 nitrogen and oxygen atoms in total. The van der Waals surface area contributed by atoms with E-state index >= 15 is 0 Å². The van der Waals surface area contributed by atoms with Crippen molar-refractivity contribution in [2.75, 3.05) is 6.54 Å². The van der Waals surface area contributed by atoms with Gasteiger partial charge in [-0.1, -0.05) is 46.3 Å². The lowest BCUT2D eigenvalue weighted by Gasteiger charge is -2.23. The number of unbranched alkanes of at least 4 members (excludes halogenated alkanes) is 1. The summed E-state index contributed by atoms with van der Waals surface area (Å²) in [6, 6.07) is -0.534. The Bertz CT molecular complexity index is 813. The van der Waals surface area contributed by atoms with Gasteiger partial charge in [0, 0.05) is 24.3 Å². The van der Waals surface area contributed by atoms with Crippen LogP contribution < -0.4 is 11.1 Å². The van der Waals surface area contributed by atoms with E-state index < -0.39 is 23.5 Å². The fourth-order valence-corrected chi connectivity index (χ4v) is 7.30. The first kappa shape index (κ1) is 23.5. The van der Waals surface area contributed by atoms with Gasteiger partial charge in [-0.15, -0.1) is 0 Å². The summed E-state index contributed by atoms with van der Waals surface area (Å²) >= 11 is 0. The van der Waals surface area contributed by atoms with Gasteiger partial charge in [0.05, 0.1) is 12.0 Å². The van der Waals surface area contributed by atoms with Crippen molar-refractivity contribution in [1.29, 1.82) is 0 Å². The number of rotatable bonds is 11. The topological polar surface area (TPSA) is 106 Å². The van der Waals surface area contributed by atoms with Gasteiger partial charge in [-0.05, 0) is 54.9 Å². The highest BCUT2D eigenvalue weighted by Gasteiger charge is 2.77. The summed E-state index contributed by atoms with van der Waals surface area (Å²) in [5, 5.41) is 3.17. The smallest absolute Gasteiger partial charge is 0.215 e. The van der Waals surface area contributed by atoms with Gasteiger partial charge in [0.15, 0.2) is 0 Å². The molecule has 4 aliphatic rings. The minimum atomic E-state index is -0.941. The number of nitrogens with one attached hydrogen (secondary N) is 1. The quantitative estimate of drug-likeness (QED) is 0.220. The van der Waals surface area contributed by atoms with Crippen molar-refractivity contribution in [1.82, 2.24) is 5.32 Å². The van der Waals surface area contributed by atoms with Crippen molar-refractivity contribution in [3.63, 3.8) is 0 Å². The van der Waals surface area contributed by atoms with Gasteiger partial charge in [0.1, 0.15) is 11.6 Å². The molecule has 4 rings (SSSR count). The van der Waals surface area contributed by atoms with E-state index in [1.54, 1.807) is 0 Å². The van der Waals surface area contributed by atoms with Crippen molar-refractivity contribution in [3.05, 3.63) is 12.2 Å². The highest BCUT2D eigenvalue weighted by molar-refractivity contribution is 6.40. The molecule has 0 amide bonds. The van der Waals surface area contributed by atoms with Gasteiger partial charge in [0.2, 0.25) is 11.6 Å². The normalized spacial score (nSPS) is 37.7. The van der Waals surface area contributed by atoms with Gasteiger partial charge in [-0.25, -0.2) is 0 Å². The van der Waals surface area contributed by atoms with E-state index in [-0.39, 0.29) is 53.1 Å². The van der Waals surface area contributed by atoms with Crippen LogP contribution in [0.25, 0.3) is 0 Å². The third kappa shape index (κ3) is 3.54. The molecule has 0 saturated heterocycles. The fraction of sp³-hybridized carbons (Fsp3) is 0.769. The van der Waals surface area contributed by atoms with Crippen molar-refractivity contribution in [2.45, 2.75) is 71.9 Å². The van der Waals surface area contributed by atoms with Gasteiger partial charge in [-0.2, -0.15) is 0 Å². The monoisotopic (exact) mass is 442 g/mol. The number of Topliss-reactive ketones (excluding diaryl/α,β-unsaturated/α-hetero) is 4. The molecule has 5 unspecified atom stereocenters. The van der Waals surface area contributed by atoms with Gasteiger partial charge in [-0.3, -0.25) is 19.2 Å². The van der Waals surface area contributed by atoms with Crippen molar-refractivity contribution in [2.24, 2.45) is 52.6 Å². The fourth-order valence-electron chi connectivity index (χ4n) is 7.30. The van der Waals surface area contributed by atoms with Crippen LogP contribution in [0, 0.1) is 46.8 Å². The molecule has 6 atom stereocenters. The van der Waals surface area contributed by atoms with Crippen LogP contribution >= 0.6 is 0 Å². The number of nitrogens with two attached hydrogens (primary N) is 1. The van der Waals surface area contributed by atoms with Crippen LogP contribution in [0.4, 0.5) is 0 Å². The number of ketones is 4. The summed E-state index contributed by atoms with van der Waals surface area (Å²) in [7, 11) is 0. The van der Waals surface area contributed by atoms with E-state index in [9.17, 15) is 19.2 Å². The molecule has 0 aliphatic heterocycles. The maximum atomic E-state index is 13.3. The van der Waals surface area contributed by atoms with Crippen LogP contribution in [-0.2, 0) is 19.2 Å². The largest absolute Gasteiger partial charge is 0.330 e. The molecule has 1 spiro atoms. The molecule has 3 saturated carbocycles. The Kier molecular flexibility index (Phi) is 6.32. The molecule has 0 aromatic carbocycles. The van der Waals surface area contributed by atoms with Crippen LogP contribution in [0.2, 0.25) is 0 Å². The van der Waals surface area contributed by atoms with Crippen molar-refractivity contribution in [3.8, 4) is 0 Å². The summed E-state index contributed by atoms with van der Waals surface area (Å²) in [6.07, 6.45) is 7.22. The van der Waals surface area contributed by atoms with E-state index in [1.807, 2.05) is 13.8 Å². The Morgan fingerprint density at radius 2 is 1.66 bits per heavy atom. The van der Waals surface area contributed by atoms with Gasteiger partial charge >= 0.3 is 0 Å².